The lowest BCUT2D eigenvalue weighted by atomic mass is 9.99. The molecular formula is C68H52N2O2. The fourth-order valence-corrected chi connectivity index (χ4v) is 11.3. The standard InChI is InChI=1S/C68H52N2O2/c1-41-15-13-16-42(2)67(41)69(61-29-25-49(31-45(61)5)47-19-9-7-10-20-47)55-27-23-51-35-57-59-39-66-60(40-65(59)71-63(57)37-53(51)33-55)58-36-52-24-28-56(34-54(52)38-64(58)72-66)70(68-43(3)17-14-18-44(68)4)62-30-26-50(32-46(62)6)48-21-11-8-12-22-48/h7-40H,1-6H3. The van der Waals surface area contributed by atoms with Gasteiger partial charge < -0.3 is 18.6 Å². The van der Waals surface area contributed by atoms with Gasteiger partial charge in [-0.3, -0.25) is 0 Å². The maximum atomic E-state index is 6.78. The molecule has 0 aliphatic rings. The second-order valence-corrected chi connectivity index (χ2v) is 19.7. The van der Waals surface area contributed by atoms with Gasteiger partial charge in [0.05, 0.1) is 11.4 Å². The molecule has 4 nitrogen and oxygen atoms in total. The first kappa shape index (κ1) is 43.2. The third-order valence-corrected chi connectivity index (χ3v) is 14.9. The number of benzene rings is 11. The van der Waals surface area contributed by atoms with Crippen LogP contribution in [0.25, 0.3) is 87.7 Å². The zero-order valence-corrected chi connectivity index (χ0v) is 41.3. The number of hydrogen-bond donors (Lipinski definition) is 0. The Balaban J connectivity index is 0.891. The van der Waals surface area contributed by atoms with Crippen molar-refractivity contribution in [3.63, 3.8) is 0 Å². The molecule has 2 aromatic heterocycles. The maximum Gasteiger partial charge on any atom is 0.136 e. The molecule has 0 aliphatic carbocycles. The van der Waals surface area contributed by atoms with Gasteiger partial charge in [0.2, 0.25) is 0 Å². The van der Waals surface area contributed by atoms with Gasteiger partial charge in [0.1, 0.15) is 22.3 Å². The van der Waals surface area contributed by atoms with Gasteiger partial charge in [-0.05, 0) is 204 Å². The molecule has 13 rings (SSSR count). The molecule has 0 aliphatic heterocycles. The van der Waals surface area contributed by atoms with Gasteiger partial charge in [-0.25, -0.2) is 0 Å². The third kappa shape index (κ3) is 7.21. The summed E-state index contributed by atoms with van der Waals surface area (Å²) in [4.78, 5) is 4.85. The summed E-state index contributed by atoms with van der Waals surface area (Å²) in [6, 6.07) is 74.8. The molecule has 0 fully saturated rings. The Morgan fingerprint density at radius 2 is 0.639 bits per heavy atom. The molecule has 13 aromatic rings. The first-order valence-electron chi connectivity index (χ1n) is 24.9. The van der Waals surface area contributed by atoms with E-state index in [-0.39, 0.29) is 0 Å². The van der Waals surface area contributed by atoms with Gasteiger partial charge in [-0.2, -0.15) is 0 Å². The first-order chi connectivity index (χ1) is 35.1. The molecule has 0 amide bonds. The monoisotopic (exact) mass is 928 g/mol. The van der Waals surface area contributed by atoms with E-state index in [4.69, 9.17) is 8.83 Å². The number of rotatable bonds is 8. The van der Waals surface area contributed by atoms with E-state index >= 15 is 0 Å². The summed E-state index contributed by atoms with van der Waals surface area (Å²) in [5.74, 6) is 0. The lowest BCUT2D eigenvalue weighted by Gasteiger charge is -2.30. The Morgan fingerprint density at radius 3 is 1.03 bits per heavy atom. The van der Waals surface area contributed by atoms with E-state index in [0.717, 1.165) is 88.2 Å². The summed E-state index contributed by atoms with van der Waals surface area (Å²) in [5.41, 5.74) is 22.4. The van der Waals surface area contributed by atoms with Crippen LogP contribution in [0.4, 0.5) is 34.1 Å². The van der Waals surface area contributed by atoms with Gasteiger partial charge in [-0.15, -0.1) is 0 Å². The maximum absolute atomic E-state index is 6.78. The SMILES string of the molecule is Cc1cc(-c2ccccc2)ccc1N(c1ccc2cc3c(cc2c1)oc1cc2c(cc13)oc1cc3cc(N(c4ccc(-c5ccccc5)cc4C)c4c(C)cccc4C)ccc3cc12)c1c(C)cccc1C. The minimum atomic E-state index is 0.843. The third-order valence-electron chi connectivity index (χ3n) is 14.9. The molecule has 0 atom stereocenters. The second kappa shape index (κ2) is 16.9. The fraction of sp³-hybridized carbons (Fsp3) is 0.0882. The van der Waals surface area contributed by atoms with Gasteiger partial charge >= 0.3 is 0 Å². The average Bonchev–Trinajstić information content (AvgIpc) is 3.92. The molecule has 0 unspecified atom stereocenters. The smallest absolute Gasteiger partial charge is 0.136 e. The second-order valence-electron chi connectivity index (χ2n) is 19.7. The van der Waals surface area contributed by atoms with E-state index in [0.29, 0.717) is 0 Å². The summed E-state index contributed by atoms with van der Waals surface area (Å²) >= 11 is 0. The molecule has 346 valence electrons. The molecule has 4 heteroatoms. The van der Waals surface area contributed by atoms with Crippen LogP contribution in [0.15, 0.2) is 215 Å². The number of anilines is 6. The Labute approximate surface area is 419 Å². The molecule has 2 heterocycles. The summed E-state index contributed by atoms with van der Waals surface area (Å²) in [6.45, 7) is 13.3. The normalized spacial score (nSPS) is 11.8. The van der Waals surface area contributed by atoms with E-state index in [2.05, 4.69) is 258 Å². The van der Waals surface area contributed by atoms with E-state index in [9.17, 15) is 0 Å². The molecule has 0 bridgehead atoms. The summed E-state index contributed by atoms with van der Waals surface area (Å²) in [7, 11) is 0. The number of hydrogen-bond acceptors (Lipinski definition) is 4. The molecule has 0 saturated heterocycles. The predicted octanol–water partition coefficient (Wildman–Crippen LogP) is 19.9. The Bertz CT molecular complexity index is 3980. The van der Waals surface area contributed by atoms with Gasteiger partial charge in [0.15, 0.2) is 0 Å². The lowest BCUT2D eigenvalue weighted by Crippen LogP contribution is -2.14. The fourth-order valence-electron chi connectivity index (χ4n) is 11.3. The first-order valence-corrected chi connectivity index (χ1v) is 24.9. The van der Waals surface area contributed by atoms with Crippen LogP contribution in [-0.2, 0) is 0 Å². The molecule has 72 heavy (non-hydrogen) atoms. The zero-order valence-electron chi connectivity index (χ0n) is 41.3. The highest BCUT2D eigenvalue weighted by Crippen LogP contribution is 2.46. The summed E-state index contributed by atoms with van der Waals surface area (Å²) in [5, 5.41) is 8.75. The van der Waals surface area contributed by atoms with Crippen molar-refractivity contribution in [2.75, 3.05) is 9.80 Å². The van der Waals surface area contributed by atoms with Crippen LogP contribution in [0, 0.1) is 41.5 Å². The van der Waals surface area contributed by atoms with Crippen molar-refractivity contribution >= 4 is 99.5 Å². The molecular weight excluding hydrogens is 877 g/mol. The van der Waals surface area contributed by atoms with Gasteiger partial charge in [0, 0.05) is 44.3 Å². The van der Waals surface area contributed by atoms with Crippen molar-refractivity contribution in [1.82, 2.24) is 0 Å². The molecule has 0 N–H and O–H groups in total. The van der Waals surface area contributed by atoms with Gasteiger partial charge in [-0.1, -0.05) is 121 Å². The van der Waals surface area contributed by atoms with Crippen molar-refractivity contribution in [3.8, 4) is 22.3 Å². The van der Waals surface area contributed by atoms with Crippen molar-refractivity contribution < 1.29 is 8.83 Å². The van der Waals surface area contributed by atoms with E-state index in [1.165, 1.54) is 67.0 Å². The van der Waals surface area contributed by atoms with Crippen LogP contribution < -0.4 is 9.80 Å². The molecule has 0 radical (unpaired) electrons. The molecule has 11 aromatic carbocycles. The lowest BCUT2D eigenvalue weighted by molar-refractivity contribution is 0.664. The van der Waals surface area contributed by atoms with E-state index in [1.54, 1.807) is 0 Å². The highest BCUT2D eigenvalue weighted by atomic mass is 16.3. The topological polar surface area (TPSA) is 32.8 Å². The predicted molar refractivity (Wildman–Crippen MR) is 305 cm³/mol. The minimum Gasteiger partial charge on any atom is -0.456 e. The number of furan rings is 2. The van der Waals surface area contributed by atoms with Crippen molar-refractivity contribution in [2.45, 2.75) is 41.5 Å². The Kier molecular flexibility index (Phi) is 10.2. The summed E-state index contributed by atoms with van der Waals surface area (Å²) < 4.78 is 13.6. The number of aryl methyl sites for hydroxylation is 6. The van der Waals surface area contributed by atoms with E-state index < -0.39 is 0 Å². The van der Waals surface area contributed by atoms with Crippen LogP contribution in [0.3, 0.4) is 0 Å². The zero-order chi connectivity index (χ0) is 48.8. The van der Waals surface area contributed by atoms with E-state index in [1.807, 2.05) is 0 Å². The van der Waals surface area contributed by atoms with Crippen LogP contribution in [0.5, 0.6) is 0 Å². The van der Waals surface area contributed by atoms with Gasteiger partial charge in [0.25, 0.3) is 0 Å². The Morgan fingerprint density at radius 1 is 0.264 bits per heavy atom. The number of fused-ring (bicyclic) bond motifs is 8. The number of para-hydroxylation sites is 2. The average molecular weight is 929 g/mol. The highest BCUT2D eigenvalue weighted by Gasteiger charge is 2.23. The van der Waals surface area contributed by atoms with Crippen molar-refractivity contribution in [1.29, 1.82) is 0 Å². The van der Waals surface area contributed by atoms with Crippen LogP contribution in [-0.4, -0.2) is 0 Å². The highest BCUT2D eigenvalue weighted by molar-refractivity contribution is 6.18. The summed E-state index contributed by atoms with van der Waals surface area (Å²) in [6.07, 6.45) is 0. The quantitative estimate of drug-likeness (QED) is 0.152. The van der Waals surface area contributed by atoms with Crippen molar-refractivity contribution in [3.05, 3.63) is 240 Å². The Hall–Kier alpha value is -8.86. The largest absolute Gasteiger partial charge is 0.456 e. The minimum absolute atomic E-state index is 0.843. The molecule has 0 saturated carbocycles. The molecule has 0 spiro atoms. The van der Waals surface area contributed by atoms with Crippen LogP contribution >= 0.6 is 0 Å². The van der Waals surface area contributed by atoms with Crippen LogP contribution in [0.1, 0.15) is 33.4 Å². The van der Waals surface area contributed by atoms with Crippen LogP contribution in [0.2, 0.25) is 0 Å². The number of nitrogens with zero attached hydrogens (tertiary/aromatic N) is 2. The van der Waals surface area contributed by atoms with Crippen molar-refractivity contribution in [2.24, 2.45) is 0 Å².